The molecule has 0 fully saturated rings. The van der Waals surface area contributed by atoms with Crippen LogP contribution in [-0.4, -0.2) is 34.9 Å². The van der Waals surface area contributed by atoms with Gasteiger partial charge >= 0.3 is 6.09 Å². The standard InChI is InChI=1S/C14H17N3O6/c1-14(2,3)22-13(18)15-6-7-21-12-10-8-9(17(19)20)4-5-11(10)23-16-12/h4-5,8H,6-7H2,1-3H3,(H,15,18). The van der Waals surface area contributed by atoms with Crippen molar-refractivity contribution in [2.24, 2.45) is 0 Å². The van der Waals surface area contributed by atoms with E-state index in [9.17, 15) is 14.9 Å². The molecule has 1 aromatic carbocycles. The number of nitrogens with one attached hydrogen (secondary N) is 1. The van der Waals surface area contributed by atoms with Crippen molar-refractivity contribution in [1.82, 2.24) is 10.5 Å². The molecule has 9 nitrogen and oxygen atoms in total. The maximum absolute atomic E-state index is 11.5. The second kappa shape index (κ2) is 6.51. The van der Waals surface area contributed by atoms with E-state index in [0.29, 0.717) is 11.0 Å². The monoisotopic (exact) mass is 323 g/mol. The summed E-state index contributed by atoms with van der Waals surface area (Å²) in [5.74, 6) is 0.134. The molecule has 2 rings (SSSR count). The minimum Gasteiger partial charge on any atom is -0.473 e. The molecule has 23 heavy (non-hydrogen) atoms. The number of hydrogen-bond acceptors (Lipinski definition) is 7. The topological polar surface area (TPSA) is 117 Å². The molecule has 0 saturated heterocycles. The van der Waals surface area contributed by atoms with Crippen molar-refractivity contribution in [1.29, 1.82) is 0 Å². The number of non-ortho nitro benzene ring substituents is 1. The van der Waals surface area contributed by atoms with Gasteiger partial charge in [-0.15, -0.1) is 0 Å². The minimum absolute atomic E-state index is 0.0857. The second-order valence-corrected chi connectivity index (χ2v) is 5.70. The number of carbonyl (C=O) groups is 1. The van der Waals surface area contributed by atoms with Crippen LogP contribution in [0.3, 0.4) is 0 Å². The first-order chi connectivity index (χ1) is 10.8. The lowest BCUT2D eigenvalue weighted by molar-refractivity contribution is -0.384. The minimum atomic E-state index is -0.577. The van der Waals surface area contributed by atoms with Crippen LogP contribution in [0, 0.1) is 10.1 Å². The summed E-state index contributed by atoms with van der Waals surface area (Å²) in [6, 6.07) is 4.09. The van der Waals surface area contributed by atoms with Gasteiger partial charge < -0.3 is 19.3 Å². The highest BCUT2D eigenvalue weighted by Crippen LogP contribution is 2.28. The third-order valence-electron chi connectivity index (χ3n) is 2.64. The zero-order chi connectivity index (χ0) is 17.0. The molecule has 0 radical (unpaired) electrons. The number of nitro benzene ring substituents is 1. The molecule has 0 aliphatic rings. The summed E-state index contributed by atoms with van der Waals surface area (Å²) in [6.07, 6.45) is -0.554. The van der Waals surface area contributed by atoms with Crippen LogP contribution in [0.4, 0.5) is 10.5 Å². The summed E-state index contributed by atoms with van der Waals surface area (Å²) < 4.78 is 15.5. The van der Waals surface area contributed by atoms with Crippen molar-refractivity contribution in [3.05, 3.63) is 28.3 Å². The highest BCUT2D eigenvalue weighted by atomic mass is 16.6. The molecule has 124 valence electrons. The van der Waals surface area contributed by atoms with Crippen LogP contribution in [0.2, 0.25) is 0 Å². The Bertz CT molecular complexity index is 719. The number of hydrogen-bond donors (Lipinski definition) is 1. The van der Waals surface area contributed by atoms with Gasteiger partial charge in [-0.25, -0.2) is 4.79 Å². The zero-order valence-corrected chi connectivity index (χ0v) is 13.0. The fraction of sp³-hybridized carbons (Fsp3) is 0.429. The summed E-state index contributed by atoms with van der Waals surface area (Å²) >= 11 is 0. The maximum atomic E-state index is 11.5. The van der Waals surface area contributed by atoms with Crippen LogP contribution in [-0.2, 0) is 4.74 Å². The van der Waals surface area contributed by atoms with Gasteiger partial charge in [0.1, 0.15) is 12.2 Å². The third kappa shape index (κ3) is 4.56. The van der Waals surface area contributed by atoms with E-state index < -0.39 is 16.6 Å². The summed E-state index contributed by atoms with van der Waals surface area (Å²) in [5.41, 5.74) is -0.283. The lowest BCUT2D eigenvalue weighted by Gasteiger charge is -2.19. The number of benzene rings is 1. The molecule has 1 amide bonds. The molecular formula is C14H17N3O6. The van der Waals surface area contributed by atoms with Crippen molar-refractivity contribution >= 4 is 22.7 Å². The van der Waals surface area contributed by atoms with E-state index in [4.69, 9.17) is 14.0 Å². The van der Waals surface area contributed by atoms with E-state index in [0.717, 1.165) is 0 Å². The van der Waals surface area contributed by atoms with E-state index in [2.05, 4.69) is 10.5 Å². The summed E-state index contributed by atoms with van der Waals surface area (Å²) in [4.78, 5) is 21.7. The Balaban J connectivity index is 1.91. The average Bonchev–Trinajstić information content (AvgIpc) is 2.84. The second-order valence-electron chi connectivity index (χ2n) is 5.70. The van der Waals surface area contributed by atoms with Crippen molar-refractivity contribution in [2.75, 3.05) is 13.2 Å². The van der Waals surface area contributed by atoms with Crippen LogP contribution < -0.4 is 10.1 Å². The molecule has 0 aliphatic heterocycles. The molecule has 0 unspecified atom stereocenters. The van der Waals surface area contributed by atoms with Gasteiger partial charge in [-0.1, -0.05) is 0 Å². The molecule has 2 aromatic rings. The Kier molecular flexibility index (Phi) is 4.68. The van der Waals surface area contributed by atoms with Gasteiger partial charge in [0, 0.05) is 12.1 Å². The Labute approximate surface area is 131 Å². The zero-order valence-electron chi connectivity index (χ0n) is 13.0. The number of ether oxygens (including phenoxy) is 2. The van der Waals surface area contributed by atoms with Crippen LogP contribution in [0.15, 0.2) is 22.7 Å². The average molecular weight is 323 g/mol. The van der Waals surface area contributed by atoms with Crippen LogP contribution in [0.5, 0.6) is 5.88 Å². The Morgan fingerprint density at radius 3 is 2.83 bits per heavy atom. The van der Waals surface area contributed by atoms with Gasteiger partial charge in [-0.2, -0.15) is 0 Å². The molecule has 0 saturated carbocycles. The van der Waals surface area contributed by atoms with Gasteiger partial charge in [0.25, 0.3) is 11.6 Å². The highest BCUT2D eigenvalue weighted by molar-refractivity contribution is 5.84. The summed E-state index contributed by atoms with van der Waals surface area (Å²) in [6.45, 7) is 5.59. The van der Waals surface area contributed by atoms with E-state index in [-0.39, 0.29) is 24.7 Å². The lowest BCUT2D eigenvalue weighted by atomic mass is 10.2. The Hall–Kier alpha value is -2.84. The molecular weight excluding hydrogens is 306 g/mol. The van der Waals surface area contributed by atoms with Gasteiger partial charge in [0.05, 0.1) is 16.9 Å². The number of carbonyl (C=O) groups excluding carboxylic acids is 1. The van der Waals surface area contributed by atoms with Gasteiger partial charge in [0.15, 0.2) is 5.58 Å². The van der Waals surface area contributed by atoms with Crippen LogP contribution in [0.1, 0.15) is 20.8 Å². The number of nitro groups is 1. The van der Waals surface area contributed by atoms with E-state index in [1.54, 1.807) is 20.8 Å². The van der Waals surface area contributed by atoms with Crippen molar-refractivity contribution < 1.29 is 23.7 Å². The number of aromatic nitrogens is 1. The molecule has 1 N–H and O–H groups in total. The number of rotatable bonds is 5. The smallest absolute Gasteiger partial charge is 0.407 e. The predicted molar refractivity (Wildman–Crippen MR) is 80.4 cm³/mol. The molecule has 0 atom stereocenters. The fourth-order valence-corrected chi connectivity index (χ4v) is 1.74. The largest absolute Gasteiger partial charge is 0.473 e. The van der Waals surface area contributed by atoms with Crippen molar-refractivity contribution in [2.45, 2.75) is 26.4 Å². The van der Waals surface area contributed by atoms with Gasteiger partial charge in [0.2, 0.25) is 0 Å². The van der Waals surface area contributed by atoms with Crippen LogP contribution in [0.25, 0.3) is 11.0 Å². The maximum Gasteiger partial charge on any atom is 0.407 e. The summed E-state index contributed by atoms with van der Waals surface area (Å²) in [5, 5.41) is 17.4. The van der Waals surface area contributed by atoms with Gasteiger partial charge in [-0.3, -0.25) is 10.1 Å². The predicted octanol–water partition coefficient (Wildman–Crippen LogP) is 2.64. The van der Waals surface area contributed by atoms with E-state index in [1.807, 2.05) is 0 Å². The number of alkyl carbamates (subject to hydrolysis) is 1. The third-order valence-corrected chi connectivity index (χ3v) is 2.64. The molecule has 0 bridgehead atoms. The van der Waals surface area contributed by atoms with Crippen molar-refractivity contribution in [3.63, 3.8) is 0 Å². The first-order valence-electron chi connectivity index (χ1n) is 6.90. The van der Waals surface area contributed by atoms with E-state index in [1.165, 1.54) is 18.2 Å². The first kappa shape index (κ1) is 16.5. The van der Waals surface area contributed by atoms with Gasteiger partial charge in [-0.05, 0) is 32.0 Å². The summed E-state index contributed by atoms with van der Waals surface area (Å²) in [7, 11) is 0. The SMILES string of the molecule is CC(C)(C)OC(=O)NCCOc1noc2ccc([N+](=O)[O-])cc12. The normalized spacial score (nSPS) is 11.3. The quantitative estimate of drug-likeness (QED) is 0.510. The number of fused-ring (bicyclic) bond motifs is 1. The van der Waals surface area contributed by atoms with Crippen molar-refractivity contribution in [3.8, 4) is 5.88 Å². The molecule has 0 aliphatic carbocycles. The Morgan fingerprint density at radius 1 is 1.43 bits per heavy atom. The molecule has 0 spiro atoms. The molecule has 9 heteroatoms. The number of nitrogens with zero attached hydrogens (tertiary/aromatic N) is 2. The molecule has 1 aromatic heterocycles. The first-order valence-corrected chi connectivity index (χ1v) is 6.90. The Morgan fingerprint density at radius 2 is 2.17 bits per heavy atom. The highest BCUT2D eigenvalue weighted by Gasteiger charge is 2.16. The number of amides is 1. The molecule has 1 heterocycles. The van der Waals surface area contributed by atoms with Crippen LogP contribution >= 0.6 is 0 Å². The lowest BCUT2D eigenvalue weighted by Crippen LogP contribution is -2.34. The fourth-order valence-electron chi connectivity index (χ4n) is 1.74. The van der Waals surface area contributed by atoms with E-state index >= 15 is 0 Å².